The van der Waals surface area contributed by atoms with E-state index >= 15 is 0 Å². The van der Waals surface area contributed by atoms with Gasteiger partial charge in [-0.25, -0.2) is 0 Å². The summed E-state index contributed by atoms with van der Waals surface area (Å²) in [5.41, 5.74) is 0.782. The third-order valence-corrected chi connectivity index (χ3v) is 3.88. The number of nitrogens with zero attached hydrogens (tertiary/aromatic N) is 4. The lowest BCUT2D eigenvalue weighted by molar-refractivity contribution is -0.136. The Morgan fingerprint density at radius 1 is 1.30 bits per heavy atom. The number of anilines is 1. The number of ether oxygens (including phenoxy) is 1. The highest BCUT2D eigenvalue weighted by Gasteiger charge is 2.19. The monoisotopic (exact) mass is 375 g/mol. The maximum absolute atomic E-state index is 10.8. The van der Waals surface area contributed by atoms with Gasteiger partial charge in [0.25, 0.3) is 6.01 Å². The van der Waals surface area contributed by atoms with E-state index in [1.807, 2.05) is 0 Å². The normalized spacial score (nSPS) is 11.0. The number of carboxylic acids is 1. The van der Waals surface area contributed by atoms with Crippen molar-refractivity contribution < 1.29 is 24.2 Å². The number of aliphatic carboxylic acids is 1. The molecule has 0 saturated heterocycles. The van der Waals surface area contributed by atoms with E-state index in [1.54, 1.807) is 19.2 Å². The van der Waals surface area contributed by atoms with Crippen LogP contribution in [0.4, 0.5) is 5.82 Å². The van der Waals surface area contributed by atoms with Crippen molar-refractivity contribution in [1.82, 2.24) is 19.5 Å². The Balaban J connectivity index is 1.94. The Morgan fingerprint density at radius 2 is 2.07 bits per heavy atom. The van der Waals surface area contributed by atoms with Crippen molar-refractivity contribution in [3.63, 3.8) is 0 Å². The number of hydrogen-bond acceptors (Lipinski definition) is 8. The molecule has 0 spiro atoms. The lowest BCUT2D eigenvalue weighted by Crippen LogP contribution is -2.06. The van der Waals surface area contributed by atoms with Gasteiger partial charge in [0, 0.05) is 7.05 Å². The van der Waals surface area contributed by atoms with Gasteiger partial charge in [0.1, 0.15) is 17.9 Å². The Labute approximate surface area is 154 Å². The first-order chi connectivity index (χ1) is 13.0. The van der Waals surface area contributed by atoms with Gasteiger partial charge in [-0.3, -0.25) is 9.36 Å². The summed E-state index contributed by atoms with van der Waals surface area (Å²) in [5.74, 6) is 0.258. The molecule has 0 saturated carbocycles. The van der Waals surface area contributed by atoms with E-state index in [-0.39, 0.29) is 25.0 Å². The number of imidazole rings is 1. The minimum atomic E-state index is -0.980. The predicted octanol–water partition coefficient (Wildman–Crippen LogP) is 2.02. The van der Waals surface area contributed by atoms with E-state index in [9.17, 15) is 9.90 Å². The van der Waals surface area contributed by atoms with Crippen LogP contribution in [0.2, 0.25) is 0 Å². The Kier molecular flexibility index (Phi) is 5.43. The van der Waals surface area contributed by atoms with E-state index in [0.29, 0.717) is 35.1 Å². The molecular weight excluding hydrogens is 354 g/mol. The van der Waals surface area contributed by atoms with Gasteiger partial charge in [-0.15, -0.1) is 0 Å². The molecule has 0 aliphatic carbocycles. The van der Waals surface area contributed by atoms with Crippen LogP contribution in [0.1, 0.15) is 31.3 Å². The third kappa shape index (κ3) is 4.10. The number of nitrogens with one attached hydrogen (secondary N) is 1. The summed E-state index contributed by atoms with van der Waals surface area (Å²) in [6.07, 6.45) is 1.65. The first-order valence-corrected chi connectivity index (χ1v) is 8.59. The molecule has 3 heterocycles. The van der Waals surface area contributed by atoms with Gasteiger partial charge in [0.05, 0.1) is 13.2 Å². The Hall–Kier alpha value is -3.30. The van der Waals surface area contributed by atoms with Crippen LogP contribution >= 0.6 is 0 Å². The highest BCUT2D eigenvalue weighted by Crippen LogP contribution is 2.27. The Morgan fingerprint density at radius 3 is 2.78 bits per heavy atom. The number of carboxylic acid groups (broad SMARTS) is 1. The maximum atomic E-state index is 10.8. The number of fused-ring (bicyclic) bond motifs is 1. The molecule has 0 aromatic carbocycles. The zero-order valence-electron chi connectivity index (χ0n) is 15.1. The predicted molar refractivity (Wildman–Crippen MR) is 96.1 cm³/mol. The van der Waals surface area contributed by atoms with Gasteiger partial charge in [-0.05, 0) is 18.6 Å². The van der Waals surface area contributed by atoms with Crippen molar-refractivity contribution in [3.05, 3.63) is 23.7 Å². The van der Waals surface area contributed by atoms with Gasteiger partial charge >= 0.3 is 12.0 Å². The molecule has 3 aromatic heterocycles. The third-order valence-electron chi connectivity index (χ3n) is 3.88. The van der Waals surface area contributed by atoms with Crippen molar-refractivity contribution in [2.75, 3.05) is 19.0 Å². The average molecular weight is 375 g/mol. The molecule has 0 aliphatic rings. The van der Waals surface area contributed by atoms with Crippen LogP contribution in [-0.2, 0) is 17.8 Å². The molecule has 0 unspecified atom stereocenters. The molecular formula is C17H21N5O5. The van der Waals surface area contributed by atoms with Gasteiger partial charge < -0.3 is 24.7 Å². The lowest BCUT2D eigenvalue weighted by atomic mass is 10.3. The zero-order chi connectivity index (χ0) is 19.4. The van der Waals surface area contributed by atoms with Gasteiger partial charge in [0.2, 0.25) is 0 Å². The maximum Gasteiger partial charge on any atom is 0.320 e. The summed E-state index contributed by atoms with van der Waals surface area (Å²) in [6, 6.07) is 3.18. The molecule has 3 rings (SSSR count). The van der Waals surface area contributed by atoms with E-state index < -0.39 is 5.97 Å². The van der Waals surface area contributed by atoms with Crippen molar-refractivity contribution in [3.8, 4) is 12.0 Å². The molecule has 3 N–H and O–H groups in total. The van der Waals surface area contributed by atoms with Crippen molar-refractivity contribution >= 4 is 23.0 Å². The number of carbonyl (C=O) groups is 1. The molecule has 27 heavy (non-hydrogen) atoms. The van der Waals surface area contributed by atoms with Crippen LogP contribution in [-0.4, -0.2) is 49.4 Å². The highest BCUT2D eigenvalue weighted by atomic mass is 16.5. The first kappa shape index (κ1) is 18.5. The van der Waals surface area contributed by atoms with Crippen molar-refractivity contribution in [2.45, 2.75) is 32.7 Å². The number of furan rings is 1. The minimum absolute atomic E-state index is 0.135. The summed E-state index contributed by atoms with van der Waals surface area (Å²) in [7, 11) is 1.69. The first-order valence-electron chi connectivity index (χ1n) is 8.59. The van der Waals surface area contributed by atoms with Gasteiger partial charge in [-0.1, -0.05) is 13.3 Å². The second-order valence-electron chi connectivity index (χ2n) is 5.92. The molecule has 0 aliphatic heterocycles. The summed E-state index contributed by atoms with van der Waals surface area (Å²) in [6.45, 7) is 2.68. The number of hydrogen-bond donors (Lipinski definition) is 3. The van der Waals surface area contributed by atoms with Crippen molar-refractivity contribution in [2.24, 2.45) is 0 Å². The smallest absolute Gasteiger partial charge is 0.320 e. The number of rotatable bonds is 9. The number of aromatic nitrogens is 4. The van der Waals surface area contributed by atoms with Crippen LogP contribution < -0.4 is 10.1 Å². The largest absolute Gasteiger partial charge is 0.481 e. The van der Waals surface area contributed by atoms with E-state index in [1.165, 1.54) is 4.57 Å². The molecule has 3 aromatic rings. The van der Waals surface area contributed by atoms with Crippen LogP contribution in [0, 0.1) is 0 Å². The molecule has 0 fully saturated rings. The Bertz CT molecular complexity index is 949. The van der Waals surface area contributed by atoms with Crippen LogP contribution in [0.5, 0.6) is 12.0 Å². The molecule has 0 atom stereocenters. The second-order valence-corrected chi connectivity index (χ2v) is 5.92. The van der Waals surface area contributed by atoms with E-state index in [4.69, 9.17) is 14.3 Å². The number of aromatic hydroxyl groups is 1. The fourth-order valence-electron chi connectivity index (χ4n) is 2.57. The SMILES string of the molecule is CCCCOc1nc(NC)c2nc(O)n(Cc3ccc(CC(=O)O)o3)c2n1. The summed E-state index contributed by atoms with van der Waals surface area (Å²) in [5, 5.41) is 22.0. The summed E-state index contributed by atoms with van der Waals surface area (Å²) in [4.78, 5) is 23.5. The fourth-order valence-corrected chi connectivity index (χ4v) is 2.57. The quantitative estimate of drug-likeness (QED) is 0.480. The minimum Gasteiger partial charge on any atom is -0.481 e. The molecule has 10 nitrogen and oxygen atoms in total. The fraction of sp³-hybridized carbons (Fsp3) is 0.412. The molecule has 144 valence electrons. The lowest BCUT2D eigenvalue weighted by Gasteiger charge is -2.07. The van der Waals surface area contributed by atoms with Crippen LogP contribution in [0.15, 0.2) is 16.5 Å². The molecule has 10 heteroatoms. The van der Waals surface area contributed by atoms with E-state index in [0.717, 1.165) is 12.8 Å². The molecule has 0 amide bonds. The average Bonchev–Trinajstić information content (AvgIpc) is 3.19. The van der Waals surface area contributed by atoms with Gasteiger partial charge in [-0.2, -0.15) is 15.0 Å². The number of unbranched alkanes of at least 4 members (excludes halogenated alkanes) is 1. The van der Waals surface area contributed by atoms with Crippen LogP contribution in [0.3, 0.4) is 0 Å². The van der Waals surface area contributed by atoms with Crippen LogP contribution in [0.25, 0.3) is 11.2 Å². The van der Waals surface area contributed by atoms with Crippen molar-refractivity contribution in [1.29, 1.82) is 0 Å². The zero-order valence-corrected chi connectivity index (χ0v) is 15.1. The topological polar surface area (TPSA) is 136 Å². The second kappa shape index (κ2) is 7.94. The standard InChI is InChI=1S/C17H21N5O5/c1-3-4-7-26-16-20-14(18-2)13-15(21-16)22(17(25)19-13)9-11-6-5-10(27-11)8-12(23)24/h5-6H,3-4,7-9H2,1-2H3,(H,19,25)(H,23,24)(H,18,20,21). The molecule has 0 radical (unpaired) electrons. The van der Waals surface area contributed by atoms with Gasteiger partial charge in [0.15, 0.2) is 17.0 Å². The molecule has 0 bridgehead atoms. The highest BCUT2D eigenvalue weighted by molar-refractivity contribution is 5.84. The van der Waals surface area contributed by atoms with E-state index in [2.05, 4.69) is 27.2 Å². The summed E-state index contributed by atoms with van der Waals surface area (Å²) < 4.78 is 12.5. The summed E-state index contributed by atoms with van der Waals surface area (Å²) >= 11 is 0.